The van der Waals surface area contributed by atoms with Crippen LogP contribution in [0.25, 0.3) is 0 Å². The van der Waals surface area contributed by atoms with E-state index in [1.54, 1.807) is 0 Å². The van der Waals surface area contributed by atoms with E-state index in [1.807, 2.05) is 23.1 Å². The van der Waals surface area contributed by atoms with Gasteiger partial charge < -0.3 is 19.7 Å². The van der Waals surface area contributed by atoms with E-state index in [-0.39, 0.29) is 17.7 Å². The maximum Gasteiger partial charge on any atom is 0.228 e. The van der Waals surface area contributed by atoms with Gasteiger partial charge in [0, 0.05) is 44.4 Å². The zero-order chi connectivity index (χ0) is 19.3. The van der Waals surface area contributed by atoms with Crippen molar-refractivity contribution < 1.29 is 19.1 Å². The number of hydrogen-bond acceptors (Lipinski definition) is 6. The van der Waals surface area contributed by atoms with Crippen LogP contribution in [0.15, 0.2) is 18.2 Å². The number of ether oxygens (including phenoxy) is 2. The predicted octanol–water partition coefficient (Wildman–Crippen LogP) is 1.14. The average Bonchev–Trinajstić information content (AvgIpc) is 3.27. The van der Waals surface area contributed by atoms with Crippen LogP contribution < -0.4 is 25.6 Å². The SMILES string of the molecule is O=C(CCC1CCN(C(=O)C2CNNC2)CC1)Nc1ccc2c(c1)OCCO2. The van der Waals surface area contributed by atoms with Crippen LogP contribution in [0.3, 0.4) is 0 Å². The molecule has 0 unspecified atom stereocenters. The predicted molar refractivity (Wildman–Crippen MR) is 104 cm³/mol. The van der Waals surface area contributed by atoms with Crippen LogP contribution in [0.4, 0.5) is 5.69 Å². The number of anilines is 1. The third-order valence-electron chi connectivity index (χ3n) is 5.70. The molecule has 2 fully saturated rings. The van der Waals surface area contributed by atoms with Gasteiger partial charge in [-0.05, 0) is 37.3 Å². The van der Waals surface area contributed by atoms with Gasteiger partial charge in [-0.3, -0.25) is 20.4 Å². The first-order valence-corrected chi connectivity index (χ1v) is 10.1. The van der Waals surface area contributed by atoms with Crippen molar-refractivity contribution in [3.05, 3.63) is 18.2 Å². The molecule has 0 saturated carbocycles. The lowest BCUT2D eigenvalue weighted by Gasteiger charge is -2.33. The summed E-state index contributed by atoms with van der Waals surface area (Å²) in [4.78, 5) is 26.7. The molecule has 0 spiro atoms. The third-order valence-corrected chi connectivity index (χ3v) is 5.70. The van der Waals surface area contributed by atoms with Crippen molar-refractivity contribution >= 4 is 17.5 Å². The van der Waals surface area contributed by atoms with Crippen LogP contribution in [-0.4, -0.2) is 56.1 Å². The Kier molecular flexibility index (Phi) is 5.97. The highest BCUT2D eigenvalue weighted by molar-refractivity contribution is 5.91. The molecular formula is C20H28N4O4. The molecular weight excluding hydrogens is 360 g/mol. The topological polar surface area (TPSA) is 91.9 Å². The van der Waals surface area contributed by atoms with Crippen LogP contribution in [-0.2, 0) is 9.59 Å². The number of fused-ring (bicyclic) bond motifs is 1. The third kappa shape index (κ3) is 4.56. The van der Waals surface area contributed by atoms with Crippen molar-refractivity contribution in [3.63, 3.8) is 0 Å². The number of hydrazine groups is 1. The Hall–Kier alpha value is -2.32. The summed E-state index contributed by atoms with van der Waals surface area (Å²) < 4.78 is 11.0. The van der Waals surface area contributed by atoms with E-state index in [4.69, 9.17) is 9.47 Å². The second kappa shape index (κ2) is 8.79. The molecule has 3 N–H and O–H groups in total. The van der Waals surface area contributed by atoms with Crippen molar-refractivity contribution in [1.82, 2.24) is 15.8 Å². The Labute approximate surface area is 164 Å². The molecule has 28 heavy (non-hydrogen) atoms. The molecule has 2 amide bonds. The highest BCUT2D eigenvalue weighted by Gasteiger charge is 2.30. The lowest BCUT2D eigenvalue weighted by molar-refractivity contribution is -0.136. The molecule has 0 atom stereocenters. The molecule has 3 heterocycles. The number of carbonyl (C=O) groups excluding carboxylic acids is 2. The summed E-state index contributed by atoms with van der Waals surface area (Å²) in [5.74, 6) is 2.19. The van der Waals surface area contributed by atoms with Crippen molar-refractivity contribution in [2.75, 3.05) is 44.7 Å². The first kappa shape index (κ1) is 19.0. The van der Waals surface area contributed by atoms with E-state index in [1.165, 1.54) is 0 Å². The van der Waals surface area contributed by atoms with E-state index in [9.17, 15) is 9.59 Å². The Balaban J connectivity index is 1.19. The fourth-order valence-corrected chi connectivity index (χ4v) is 4.02. The molecule has 8 heteroatoms. The van der Waals surface area contributed by atoms with Gasteiger partial charge in [-0.2, -0.15) is 0 Å². The van der Waals surface area contributed by atoms with E-state index in [2.05, 4.69) is 16.2 Å². The number of likely N-dealkylation sites (tertiary alicyclic amines) is 1. The van der Waals surface area contributed by atoms with Gasteiger partial charge in [0.05, 0.1) is 5.92 Å². The maximum atomic E-state index is 12.4. The summed E-state index contributed by atoms with van der Waals surface area (Å²) in [6, 6.07) is 5.47. The molecule has 1 aromatic carbocycles. The van der Waals surface area contributed by atoms with Gasteiger partial charge in [0.1, 0.15) is 13.2 Å². The van der Waals surface area contributed by atoms with E-state index in [0.29, 0.717) is 44.4 Å². The van der Waals surface area contributed by atoms with Gasteiger partial charge in [-0.1, -0.05) is 0 Å². The molecule has 0 bridgehead atoms. The lowest BCUT2D eigenvalue weighted by Crippen LogP contribution is -2.43. The van der Waals surface area contributed by atoms with Crippen molar-refractivity contribution in [2.45, 2.75) is 25.7 Å². The monoisotopic (exact) mass is 388 g/mol. The fraction of sp³-hybridized carbons (Fsp3) is 0.600. The molecule has 152 valence electrons. The van der Waals surface area contributed by atoms with Gasteiger partial charge in [0.25, 0.3) is 0 Å². The number of benzene rings is 1. The molecule has 4 rings (SSSR count). The van der Waals surface area contributed by atoms with Crippen LogP contribution >= 0.6 is 0 Å². The molecule has 0 radical (unpaired) electrons. The number of piperidine rings is 1. The minimum atomic E-state index is 0.0123. The summed E-state index contributed by atoms with van der Waals surface area (Å²) in [7, 11) is 0. The molecule has 0 aliphatic carbocycles. The second-order valence-electron chi connectivity index (χ2n) is 7.67. The molecule has 0 aromatic heterocycles. The number of nitrogens with zero attached hydrogens (tertiary/aromatic N) is 1. The molecule has 8 nitrogen and oxygen atoms in total. The van der Waals surface area contributed by atoms with Gasteiger partial charge in [-0.25, -0.2) is 0 Å². The molecule has 2 saturated heterocycles. The number of amides is 2. The van der Waals surface area contributed by atoms with Gasteiger partial charge in [0.15, 0.2) is 11.5 Å². The lowest BCUT2D eigenvalue weighted by atomic mass is 9.91. The van der Waals surface area contributed by atoms with Crippen LogP contribution in [0.5, 0.6) is 11.5 Å². The Morgan fingerprint density at radius 3 is 2.54 bits per heavy atom. The van der Waals surface area contributed by atoms with Crippen LogP contribution in [0, 0.1) is 11.8 Å². The number of hydrogen-bond donors (Lipinski definition) is 3. The maximum absolute atomic E-state index is 12.4. The Morgan fingerprint density at radius 2 is 1.79 bits per heavy atom. The molecule has 3 aliphatic heterocycles. The van der Waals surface area contributed by atoms with Crippen molar-refractivity contribution in [3.8, 4) is 11.5 Å². The van der Waals surface area contributed by atoms with Gasteiger partial charge in [-0.15, -0.1) is 0 Å². The zero-order valence-electron chi connectivity index (χ0n) is 16.0. The minimum Gasteiger partial charge on any atom is -0.486 e. The smallest absolute Gasteiger partial charge is 0.228 e. The quantitative estimate of drug-likeness (QED) is 0.701. The second-order valence-corrected chi connectivity index (χ2v) is 7.67. The molecule has 3 aliphatic rings. The average molecular weight is 388 g/mol. The summed E-state index contributed by atoms with van der Waals surface area (Å²) >= 11 is 0. The summed E-state index contributed by atoms with van der Waals surface area (Å²) in [5, 5.41) is 2.94. The van der Waals surface area contributed by atoms with Crippen LogP contribution in [0.1, 0.15) is 25.7 Å². The normalized spacial score (nSPS) is 20.2. The molecule has 1 aromatic rings. The van der Waals surface area contributed by atoms with E-state index in [0.717, 1.165) is 43.8 Å². The van der Waals surface area contributed by atoms with Crippen molar-refractivity contribution in [2.24, 2.45) is 11.8 Å². The zero-order valence-corrected chi connectivity index (χ0v) is 16.0. The first-order chi connectivity index (χ1) is 13.7. The van der Waals surface area contributed by atoms with Gasteiger partial charge in [0.2, 0.25) is 11.8 Å². The van der Waals surface area contributed by atoms with Gasteiger partial charge >= 0.3 is 0 Å². The number of carbonyl (C=O) groups is 2. The summed E-state index contributed by atoms with van der Waals surface area (Å²) in [6.07, 6.45) is 3.28. The number of nitrogens with one attached hydrogen (secondary N) is 3. The van der Waals surface area contributed by atoms with Crippen molar-refractivity contribution in [1.29, 1.82) is 0 Å². The van der Waals surface area contributed by atoms with E-state index < -0.39 is 0 Å². The standard InChI is InChI=1S/C20H28N4O4/c25-19(23-16-2-3-17-18(11-16)28-10-9-27-17)4-1-14-5-7-24(8-6-14)20(26)15-12-21-22-13-15/h2-3,11,14-15,21-22H,1,4-10,12-13H2,(H,23,25). The highest BCUT2D eigenvalue weighted by atomic mass is 16.6. The largest absolute Gasteiger partial charge is 0.486 e. The van der Waals surface area contributed by atoms with E-state index >= 15 is 0 Å². The summed E-state index contributed by atoms with van der Waals surface area (Å²) in [5.41, 5.74) is 6.76. The minimum absolute atomic E-state index is 0.0123. The van der Waals surface area contributed by atoms with Crippen LogP contribution in [0.2, 0.25) is 0 Å². The Bertz CT molecular complexity index is 712. The summed E-state index contributed by atoms with van der Waals surface area (Å²) in [6.45, 7) is 4.09. The first-order valence-electron chi connectivity index (χ1n) is 10.1. The Morgan fingerprint density at radius 1 is 1.07 bits per heavy atom. The fourth-order valence-electron chi connectivity index (χ4n) is 4.02. The number of rotatable bonds is 5. The highest BCUT2D eigenvalue weighted by Crippen LogP contribution is 2.32.